The first kappa shape index (κ1) is 18.3. The molecule has 26 heavy (non-hydrogen) atoms. The Morgan fingerprint density at radius 2 is 2.12 bits per heavy atom. The number of halogens is 1. The fourth-order valence-electron chi connectivity index (χ4n) is 5.46. The SMILES string of the molecule is COc1cc(Br)c(C)c2c1O[C@@H]1C(=O)C(OC)CC3C(C)N(C)CC[C@]231. The normalized spacial score (nSPS) is 36.2. The summed E-state index contributed by atoms with van der Waals surface area (Å²) in [4.78, 5) is 15.6. The number of rotatable bonds is 2. The van der Waals surface area contributed by atoms with Gasteiger partial charge in [0, 0.05) is 28.6 Å². The molecular weight excluding hydrogens is 398 g/mol. The van der Waals surface area contributed by atoms with E-state index < -0.39 is 12.2 Å². The van der Waals surface area contributed by atoms with Crippen molar-refractivity contribution in [1.82, 2.24) is 4.90 Å². The van der Waals surface area contributed by atoms with Crippen molar-refractivity contribution in [2.24, 2.45) is 5.92 Å². The summed E-state index contributed by atoms with van der Waals surface area (Å²) >= 11 is 3.68. The van der Waals surface area contributed by atoms with E-state index in [1.807, 2.05) is 6.07 Å². The molecule has 1 saturated heterocycles. The second-order valence-corrected chi connectivity index (χ2v) is 8.72. The molecule has 0 amide bonds. The minimum absolute atomic E-state index is 0.0641. The summed E-state index contributed by atoms with van der Waals surface area (Å²) in [5.41, 5.74) is 1.99. The number of methoxy groups -OCH3 is 2. The summed E-state index contributed by atoms with van der Waals surface area (Å²) in [6.45, 7) is 5.31. The minimum atomic E-state index is -0.501. The fourth-order valence-corrected chi connectivity index (χ4v) is 5.86. The van der Waals surface area contributed by atoms with E-state index in [9.17, 15) is 4.79 Å². The van der Waals surface area contributed by atoms with E-state index in [1.165, 1.54) is 0 Å². The number of ketones is 1. The van der Waals surface area contributed by atoms with Crippen LogP contribution in [0, 0.1) is 12.8 Å². The third-order valence-electron chi connectivity index (χ3n) is 6.98. The second kappa shape index (κ2) is 6.21. The highest BCUT2D eigenvalue weighted by Crippen LogP contribution is 2.61. The Morgan fingerprint density at radius 1 is 1.38 bits per heavy atom. The zero-order valence-corrected chi connectivity index (χ0v) is 17.6. The number of piperidine rings is 1. The molecule has 6 heteroatoms. The van der Waals surface area contributed by atoms with Crippen molar-refractivity contribution in [3.8, 4) is 11.5 Å². The largest absolute Gasteiger partial charge is 0.493 e. The molecule has 3 aliphatic rings. The van der Waals surface area contributed by atoms with Gasteiger partial charge in [0.05, 0.1) is 7.11 Å². The average Bonchev–Trinajstić information content (AvgIpc) is 2.98. The molecule has 1 saturated carbocycles. The highest BCUT2D eigenvalue weighted by Gasteiger charge is 2.65. The van der Waals surface area contributed by atoms with Gasteiger partial charge < -0.3 is 19.1 Å². The van der Waals surface area contributed by atoms with Crippen molar-refractivity contribution in [2.45, 2.75) is 50.4 Å². The quantitative estimate of drug-likeness (QED) is 0.731. The lowest BCUT2D eigenvalue weighted by molar-refractivity contribution is -0.152. The van der Waals surface area contributed by atoms with Crippen LogP contribution in [-0.2, 0) is 14.9 Å². The van der Waals surface area contributed by atoms with E-state index in [0.29, 0.717) is 11.8 Å². The van der Waals surface area contributed by atoms with Crippen LogP contribution in [-0.4, -0.2) is 56.7 Å². The molecule has 142 valence electrons. The van der Waals surface area contributed by atoms with Crippen LogP contribution in [0.5, 0.6) is 11.5 Å². The number of Topliss-reactive ketones (excluding diaryl/α,β-unsaturated/α-hetero) is 1. The maximum absolute atomic E-state index is 13.2. The third kappa shape index (κ3) is 2.18. The molecule has 0 aromatic heterocycles. The van der Waals surface area contributed by atoms with Gasteiger partial charge in [-0.25, -0.2) is 0 Å². The molecular formula is C20H26BrNO4. The van der Waals surface area contributed by atoms with Crippen molar-refractivity contribution in [1.29, 1.82) is 0 Å². The minimum Gasteiger partial charge on any atom is -0.493 e. The Bertz CT molecular complexity index is 767. The molecule has 1 spiro atoms. The molecule has 2 aliphatic heterocycles. The van der Waals surface area contributed by atoms with Crippen LogP contribution < -0.4 is 9.47 Å². The number of nitrogens with zero attached hydrogens (tertiary/aromatic N) is 1. The summed E-state index contributed by atoms with van der Waals surface area (Å²) in [6.07, 6.45) is 0.725. The van der Waals surface area contributed by atoms with Gasteiger partial charge in [-0.05, 0) is 57.8 Å². The fraction of sp³-hybridized carbons (Fsp3) is 0.650. The molecule has 1 aromatic rings. The van der Waals surface area contributed by atoms with Crippen LogP contribution >= 0.6 is 15.9 Å². The maximum atomic E-state index is 13.2. The Morgan fingerprint density at radius 3 is 2.77 bits per heavy atom. The first-order chi connectivity index (χ1) is 12.4. The molecule has 2 fully saturated rings. The summed E-state index contributed by atoms with van der Waals surface area (Å²) in [7, 11) is 5.43. The van der Waals surface area contributed by atoms with Crippen molar-refractivity contribution >= 4 is 21.7 Å². The van der Waals surface area contributed by atoms with Crippen LogP contribution in [0.15, 0.2) is 10.5 Å². The van der Waals surface area contributed by atoms with Gasteiger partial charge in [-0.1, -0.05) is 15.9 Å². The van der Waals surface area contributed by atoms with E-state index in [-0.39, 0.29) is 17.1 Å². The number of likely N-dealkylation sites (tertiary alicyclic amines) is 1. The summed E-state index contributed by atoms with van der Waals surface area (Å²) in [6, 6.07) is 2.28. The third-order valence-corrected chi connectivity index (χ3v) is 7.80. The summed E-state index contributed by atoms with van der Waals surface area (Å²) in [5, 5.41) is 0. The van der Waals surface area contributed by atoms with Gasteiger partial charge in [-0.2, -0.15) is 0 Å². The van der Waals surface area contributed by atoms with Gasteiger partial charge in [-0.3, -0.25) is 4.79 Å². The lowest BCUT2D eigenvalue weighted by Gasteiger charge is -2.54. The van der Waals surface area contributed by atoms with Gasteiger partial charge in [0.1, 0.15) is 6.10 Å². The number of benzene rings is 1. The van der Waals surface area contributed by atoms with Gasteiger partial charge in [0.15, 0.2) is 17.6 Å². The van der Waals surface area contributed by atoms with E-state index in [2.05, 4.69) is 41.7 Å². The van der Waals surface area contributed by atoms with Crippen molar-refractivity contribution < 1.29 is 19.0 Å². The predicted molar refractivity (Wildman–Crippen MR) is 102 cm³/mol. The zero-order valence-electron chi connectivity index (χ0n) is 16.0. The topological polar surface area (TPSA) is 48.0 Å². The molecule has 4 rings (SSSR count). The Hall–Kier alpha value is -1.11. The van der Waals surface area contributed by atoms with Gasteiger partial charge in [-0.15, -0.1) is 0 Å². The molecule has 0 bridgehead atoms. The smallest absolute Gasteiger partial charge is 0.202 e. The monoisotopic (exact) mass is 423 g/mol. The van der Waals surface area contributed by atoms with Crippen molar-refractivity contribution in [3.05, 3.63) is 21.7 Å². The summed E-state index contributed by atoms with van der Waals surface area (Å²) < 4.78 is 18.5. The Balaban J connectivity index is 1.98. The highest BCUT2D eigenvalue weighted by atomic mass is 79.9. The zero-order chi connectivity index (χ0) is 18.8. The maximum Gasteiger partial charge on any atom is 0.202 e. The van der Waals surface area contributed by atoms with Crippen LogP contribution in [0.25, 0.3) is 0 Å². The number of ether oxygens (including phenoxy) is 3. The van der Waals surface area contributed by atoms with Gasteiger partial charge in [0.25, 0.3) is 0 Å². The lowest BCUT2D eigenvalue weighted by Crippen LogP contribution is -2.65. The van der Waals surface area contributed by atoms with Gasteiger partial charge in [0.2, 0.25) is 5.78 Å². The number of carbonyl (C=O) groups is 1. The van der Waals surface area contributed by atoms with Crippen LogP contribution in [0.3, 0.4) is 0 Å². The molecule has 0 N–H and O–H groups in total. The first-order valence-electron chi connectivity index (χ1n) is 9.17. The Kier molecular flexibility index (Phi) is 4.36. The lowest BCUT2D eigenvalue weighted by atomic mass is 9.55. The molecule has 3 unspecified atom stereocenters. The molecule has 2 heterocycles. The average molecular weight is 424 g/mol. The van der Waals surface area contributed by atoms with E-state index >= 15 is 0 Å². The van der Waals surface area contributed by atoms with E-state index in [1.54, 1.807) is 14.2 Å². The highest BCUT2D eigenvalue weighted by molar-refractivity contribution is 9.10. The summed E-state index contributed by atoms with van der Waals surface area (Å²) in [5.74, 6) is 1.78. The molecule has 1 aliphatic carbocycles. The Labute approximate surface area is 163 Å². The standard InChI is InChI=1S/C20H26BrNO4/c1-10-13(21)9-15(25-5)18-16(10)20-6-7-22(3)11(2)12(20)8-14(24-4)17(23)19(20)26-18/h9,11-12,14,19H,6-8H2,1-5H3/t11?,12?,14?,19-,20-/m1/s1. The second-order valence-electron chi connectivity index (χ2n) is 7.87. The van der Waals surface area contributed by atoms with E-state index in [4.69, 9.17) is 14.2 Å². The van der Waals surface area contributed by atoms with E-state index in [0.717, 1.165) is 40.7 Å². The number of hydrogen-bond donors (Lipinski definition) is 0. The number of hydrogen-bond acceptors (Lipinski definition) is 5. The molecule has 0 radical (unpaired) electrons. The van der Waals surface area contributed by atoms with Crippen molar-refractivity contribution in [3.63, 3.8) is 0 Å². The van der Waals surface area contributed by atoms with Crippen LogP contribution in [0.2, 0.25) is 0 Å². The molecule has 5 atom stereocenters. The number of fused-ring (bicyclic) bond motifs is 1. The molecule has 5 nitrogen and oxygen atoms in total. The number of carbonyl (C=O) groups excluding carboxylic acids is 1. The van der Waals surface area contributed by atoms with Crippen molar-refractivity contribution in [2.75, 3.05) is 27.8 Å². The molecule has 1 aromatic carbocycles. The van der Waals surface area contributed by atoms with Crippen LogP contribution in [0.4, 0.5) is 0 Å². The van der Waals surface area contributed by atoms with Crippen LogP contribution in [0.1, 0.15) is 30.9 Å². The first-order valence-corrected chi connectivity index (χ1v) is 9.97. The van der Waals surface area contributed by atoms with Gasteiger partial charge >= 0.3 is 0 Å². The predicted octanol–water partition coefficient (Wildman–Crippen LogP) is 3.09.